The van der Waals surface area contributed by atoms with E-state index in [0.29, 0.717) is 17.8 Å². The highest BCUT2D eigenvalue weighted by Crippen LogP contribution is 2.68. The Bertz CT molecular complexity index is 362. The molecule has 0 aromatic carbocycles. The van der Waals surface area contributed by atoms with Crippen LogP contribution < -0.4 is 0 Å². The molecule has 3 saturated carbocycles. The first-order valence-electron chi connectivity index (χ1n) is 6.95. The van der Waals surface area contributed by atoms with Crippen molar-refractivity contribution in [3.63, 3.8) is 0 Å². The standard InChI is InChI=1S/C15H24O2/c1-7(2)9-5-6-15(4)8(3)10-13(16)11(9)12(15)14(10)17/h7,9-14,16-17H,3,5-6H2,1-2,4H3/t9-,10+,11+,12-,13-,14-,15+/m1/s1. The molecular formula is C15H24O2. The van der Waals surface area contributed by atoms with Crippen LogP contribution in [0.2, 0.25) is 0 Å². The highest BCUT2D eigenvalue weighted by Gasteiger charge is 2.68. The summed E-state index contributed by atoms with van der Waals surface area (Å²) in [6.07, 6.45) is 1.60. The molecule has 2 heteroatoms. The molecule has 0 spiro atoms. The summed E-state index contributed by atoms with van der Waals surface area (Å²) < 4.78 is 0. The molecule has 3 aliphatic rings. The zero-order chi connectivity index (χ0) is 12.5. The van der Waals surface area contributed by atoms with E-state index in [4.69, 9.17) is 0 Å². The van der Waals surface area contributed by atoms with E-state index in [1.807, 2.05) is 0 Å². The summed E-state index contributed by atoms with van der Waals surface area (Å²) in [7, 11) is 0. The lowest BCUT2D eigenvalue weighted by Crippen LogP contribution is -2.48. The Balaban J connectivity index is 2.04. The monoisotopic (exact) mass is 236 g/mol. The van der Waals surface area contributed by atoms with Crippen LogP contribution in [0.5, 0.6) is 0 Å². The minimum Gasteiger partial charge on any atom is -0.392 e. The van der Waals surface area contributed by atoms with Crippen LogP contribution in [0.1, 0.15) is 33.6 Å². The molecule has 3 rings (SSSR count). The number of aliphatic hydroxyl groups excluding tert-OH is 2. The van der Waals surface area contributed by atoms with Gasteiger partial charge in [-0.2, -0.15) is 0 Å². The first kappa shape index (κ1) is 11.7. The fraction of sp³-hybridized carbons (Fsp3) is 0.867. The molecule has 3 fully saturated rings. The second kappa shape index (κ2) is 3.36. The van der Waals surface area contributed by atoms with Crippen molar-refractivity contribution in [3.8, 4) is 0 Å². The third kappa shape index (κ3) is 1.18. The van der Waals surface area contributed by atoms with Gasteiger partial charge in [-0.05, 0) is 36.0 Å². The maximum absolute atomic E-state index is 10.5. The van der Waals surface area contributed by atoms with Crippen LogP contribution in [0.3, 0.4) is 0 Å². The number of hydrogen-bond acceptors (Lipinski definition) is 2. The minimum atomic E-state index is -0.358. The van der Waals surface area contributed by atoms with Gasteiger partial charge in [0, 0.05) is 11.8 Å². The molecule has 96 valence electrons. The fourth-order valence-electron chi connectivity index (χ4n) is 5.20. The molecule has 7 atom stereocenters. The van der Waals surface area contributed by atoms with Crippen molar-refractivity contribution >= 4 is 0 Å². The third-order valence-corrected chi connectivity index (χ3v) is 6.13. The number of rotatable bonds is 1. The van der Waals surface area contributed by atoms with Crippen LogP contribution in [0, 0.1) is 35.0 Å². The van der Waals surface area contributed by atoms with E-state index in [2.05, 4.69) is 27.4 Å². The average molecular weight is 236 g/mol. The van der Waals surface area contributed by atoms with Crippen molar-refractivity contribution in [3.05, 3.63) is 12.2 Å². The maximum atomic E-state index is 10.5. The average Bonchev–Trinajstić information content (AvgIpc) is 2.61. The summed E-state index contributed by atoms with van der Waals surface area (Å²) in [6.45, 7) is 10.9. The normalized spacial score (nSPS) is 56.9. The van der Waals surface area contributed by atoms with Crippen molar-refractivity contribution in [1.29, 1.82) is 0 Å². The molecule has 2 N–H and O–H groups in total. The summed E-state index contributed by atoms with van der Waals surface area (Å²) in [5.41, 5.74) is 1.19. The molecule has 0 heterocycles. The van der Waals surface area contributed by atoms with Gasteiger partial charge >= 0.3 is 0 Å². The molecule has 0 saturated heterocycles. The summed E-state index contributed by atoms with van der Waals surface area (Å²) >= 11 is 0. The summed E-state index contributed by atoms with van der Waals surface area (Å²) in [5, 5.41) is 20.9. The Hall–Kier alpha value is -0.340. The minimum absolute atomic E-state index is 0.0588. The number of fused-ring (bicyclic) bond motifs is 1. The van der Waals surface area contributed by atoms with Crippen LogP contribution in [0.4, 0.5) is 0 Å². The van der Waals surface area contributed by atoms with Crippen molar-refractivity contribution in [1.82, 2.24) is 0 Å². The Morgan fingerprint density at radius 3 is 2.47 bits per heavy atom. The third-order valence-electron chi connectivity index (χ3n) is 6.13. The predicted octanol–water partition coefficient (Wildman–Crippen LogP) is 2.21. The largest absolute Gasteiger partial charge is 0.392 e. The molecule has 0 aromatic rings. The highest BCUT2D eigenvalue weighted by atomic mass is 16.3. The molecule has 0 amide bonds. The quantitative estimate of drug-likeness (QED) is 0.685. The van der Waals surface area contributed by atoms with Gasteiger partial charge in [0.25, 0.3) is 0 Å². The first-order chi connectivity index (χ1) is 7.89. The van der Waals surface area contributed by atoms with E-state index in [1.165, 1.54) is 6.42 Å². The zero-order valence-corrected chi connectivity index (χ0v) is 11.1. The molecule has 0 aliphatic heterocycles. The van der Waals surface area contributed by atoms with Gasteiger partial charge in [0.05, 0.1) is 12.2 Å². The van der Waals surface area contributed by atoms with Crippen LogP contribution in [0.25, 0.3) is 0 Å². The van der Waals surface area contributed by atoms with E-state index in [9.17, 15) is 10.2 Å². The SMILES string of the molecule is C=C1[C@H]2[C@@H](O)[C@@H]3[C@H]([C@@H]2O)[C@@]1(C)CC[C@@H]3C(C)C. The summed E-state index contributed by atoms with van der Waals surface area (Å²) in [5.74, 6) is 1.64. The highest BCUT2D eigenvalue weighted by molar-refractivity contribution is 5.33. The van der Waals surface area contributed by atoms with Gasteiger partial charge < -0.3 is 10.2 Å². The summed E-state index contributed by atoms with van der Waals surface area (Å²) in [4.78, 5) is 0. The Morgan fingerprint density at radius 1 is 1.29 bits per heavy atom. The molecular weight excluding hydrogens is 212 g/mol. The Morgan fingerprint density at radius 2 is 1.94 bits per heavy atom. The molecule has 3 aliphatic carbocycles. The van der Waals surface area contributed by atoms with Gasteiger partial charge in [-0.25, -0.2) is 0 Å². The topological polar surface area (TPSA) is 40.5 Å². The van der Waals surface area contributed by atoms with Gasteiger partial charge in [0.2, 0.25) is 0 Å². The van der Waals surface area contributed by atoms with E-state index < -0.39 is 0 Å². The Labute approximate surface area is 104 Å². The lowest BCUT2D eigenvalue weighted by Gasteiger charge is -2.51. The molecule has 0 aromatic heterocycles. The Kier molecular flexibility index (Phi) is 2.32. The fourth-order valence-corrected chi connectivity index (χ4v) is 5.20. The summed E-state index contributed by atoms with van der Waals surface area (Å²) in [6, 6.07) is 0. The lowest BCUT2D eigenvalue weighted by atomic mass is 9.54. The van der Waals surface area contributed by atoms with E-state index in [0.717, 1.165) is 12.0 Å². The van der Waals surface area contributed by atoms with E-state index >= 15 is 0 Å². The van der Waals surface area contributed by atoms with Gasteiger partial charge in [-0.1, -0.05) is 32.9 Å². The first-order valence-corrected chi connectivity index (χ1v) is 6.95. The van der Waals surface area contributed by atoms with Gasteiger partial charge in [-0.15, -0.1) is 0 Å². The van der Waals surface area contributed by atoms with Gasteiger partial charge in [-0.3, -0.25) is 0 Å². The van der Waals surface area contributed by atoms with Crippen molar-refractivity contribution in [2.45, 2.75) is 45.8 Å². The van der Waals surface area contributed by atoms with E-state index in [-0.39, 0.29) is 29.5 Å². The number of aliphatic hydroxyl groups is 2. The molecule has 0 unspecified atom stereocenters. The van der Waals surface area contributed by atoms with Crippen LogP contribution in [0.15, 0.2) is 12.2 Å². The number of hydrogen-bond donors (Lipinski definition) is 2. The molecule has 0 radical (unpaired) electrons. The van der Waals surface area contributed by atoms with Crippen LogP contribution in [-0.2, 0) is 0 Å². The smallest absolute Gasteiger partial charge is 0.0670 e. The lowest BCUT2D eigenvalue weighted by molar-refractivity contribution is -0.0497. The second-order valence-corrected chi connectivity index (χ2v) is 7.00. The van der Waals surface area contributed by atoms with E-state index in [1.54, 1.807) is 0 Å². The van der Waals surface area contributed by atoms with Crippen molar-refractivity contribution in [2.24, 2.45) is 35.0 Å². The van der Waals surface area contributed by atoms with Crippen LogP contribution in [-0.4, -0.2) is 22.4 Å². The molecule has 2 nitrogen and oxygen atoms in total. The predicted molar refractivity (Wildman–Crippen MR) is 67.3 cm³/mol. The maximum Gasteiger partial charge on any atom is 0.0670 e. The zero-order valence-electron chi connectivity index (χ0n) is 11.1. The molecule has 17 heavy (non-hydrogen) atoms. The van der Waals surface area contributed by atoms with Gasteiger partial charge in [0.15, 0.2) is 0 Å². The second-order valence-electron chi connectivity index (χ2n) is 7.00. The van der Waals surface area contributed by atoms with Crippen molar-refractivity contribution in [2.75, 3.05) is 0 Å². The van der Waals surface area contributed by atoms with Gasteiger partial charge in [0.1, 0.15) is 0 Å². The molecule has 2 bridgehead atoms. The van der Waals surface area contributed by atoms with Crippen molar-refractivity contribution < 1.29 is 10.2 Å². The van der Waals surface area contributed by atoms with Crippen LogP contribution >= 0.6 is 0 Å².